The molecule has 1 N–H and O–H groups in total. The molecule has 0 fully saturated rings. The van der Waals surface area contributed by atoms with Gasteiger partial charge in [-0.1, -0.05) is 13.3 Å². The number of hydrogen-bond acceptors (Lipinski definition) is 1. The monoisotopic (exact) mass is 180 g/mol. The van der Waals surface area contributed by atoms with Gasteiger partial charge in [0, 0.05) is 19.1 Å². The first-order valence-electron chi connectivity index (χ1n) is 4.91. The molecule has 0 spiro atoms. The smallest absolute Gasteiger partial charge is 0.257 e. The average Bonchev–Trinajstić information content (AvgIpc) is 2.15. The second-order valence-electron chi connectivity index (χ2n) is 3.39. The lowest BCUT2D eigenvalue weighted by Gasteiger charge is -2.00. The van der Waals surface area contributed by atoms with Crippen molar-refractivity contribution in [3.05, 3.63) is 30.1 Å². The van der Waals surface area contributed by atoms with Crippen LogP contribution in [0.25, 0.3) is 0 Å². The minimum absolute atomic E-state index is 0.430. The first kappa shape index (κ1) is 10.2. The van der Waals surface area contributed by atoms with Gasteiger partial charge in [0.25, 0.3) is 6.23 Å². The number of nitrogens with zero attached hydrogens (tertiary/aromatic N) is 1. The van der Waals surface area contributed by atoms with Gasteiger partial charge in [0.15, 0.2) is 12.4 Å². The molecule has 1 unspecified atom stereocenters. The molecule has 0 aromatic carbocycles. The van der Waals surface area contributed by atoms with Crippen LogP contribution in [0, 0.1) is 0 Å². The van der Waals surface area contributed by atoms with Crippen LogP contribution >= 0.6 is 0 Å². The first-order chi connectivity index (χ1) is 6.24. The Morgan fingerprint density at radius 3 is 2.46 bits per heavy atom. The predicted octanol–water partition coefficient (Wildman–Crippen LogP) is 1.83. The summed E-state index contributed by atoms with van der Waals surface area (Å²) in [5.41, 5.74) is 1.35. The van der Waals surface area contributed by atoms with E-state index < -0.39 is 6.23 Å². The van der Waals surface area contributed by atoms with Crippen LogP contribution in [-0.2, 0) is 6.42 Å². The molecule has 1 heterocycles. The lowest BCUT2D eigenvalue weighted by molar-refractivity contribution is -0.755. The van der Waals surface area contributed by atoms with Crippen molar-refractivity contribution in [3.8, 4) is 0 Å². The number of aromatic nitrogens is 1. The van der Waals surface area contributed by atoms with E-state index in [4.69, 9.17) is 0 Å². The van der Waals surface area contributed by atoms with Crippen molar-refractivity contribution < 1.29 is 9.67 Å². The van der Waals surface area contributed by atoms with Gasteiger partial charge < -0.3 is 5.11 Å². The van der Waals surface area contributed by atoms with Crippen LogP contribution in [0.1, 0.15) is 38.5 Å². The van der Waals surface area contributed by atoms with Crippen LogP contribution in [0.15, 0.2) is 24.5 Å². The number of unbranched alkanes of at least 4 members (excludes halogenated alkanes) is 1. The lowest BCUT2D eigenvalue weighted by Crippen LogP contribution is -2.36. The Bertz CT molecular complexity index is 241. The molecule has 1 atom stereocenters. The zero-order chi connectivity index (χ0) is 9.68. The maximum Gasteiger partial charge on any atom is 0.257 e. The summed E-state index contributed by atoms with van der Waals surface area (Å²) in [6.07, 6.45) is 7.02. The summed E-state index contributed by atoms with van der Waals surface area (Å²) < 4.78 is 1.79. The van der Waals surface area contributed by atoms with Crippen molar-refractivity contribution in [2.24, 2.45) is 0 Å². The summed E-state index contributed by atoms with van der Waals surface area (Å²) in [6.45, 7) is 3.95. The fourth-order valence-electron chi connectivity index (χ4n) is 1.27. The second-order valence-corrected chi connectivity index (χ2v) is 3.39. The largest absolute Gasteiger partial charge is 0.337 e. The molecule has 2 heteroatoms. The van der Waals surface area contributed by atoms with E-state index >= 15 is 0 Å². The summed E-state index contributed by atoms with van der Waals surface area (Å²) in [5.74, 6) is 0. The quantitative estimate of drug-likeness (QED) is 0.702. The molecule has 13 heavy (non-hydrogen) atoms. The molecule has 0 aliphatic heterocycles. The molecule has 2 nitrogen and oxygen atoms in total. The predicted molar refractivity (Wildman–Crippen MR) is 52.2 cm³/mol. The van der Waals surface area contributed by atoms with Crippen LogP contribution in [-0.4, -0.2) is 5.11 Å². The Morgan fingerprint density at radius 1 is 1.38 bits per heavy atom. The molecule has 0 saturated heterocycles. The molecule has 1 rings (SSSR count). The third-order valence-corrected chi connectivity index (χ3v) is 2.17. The van der Waals surface area contributed by atoms with Gasteiger partial charge in [0.1, 0.15) is 0 Å². The SMILES string of the molecule is CCCCc1cc[n+](C(C)O)cc1. The van der Waals surface area contributed by atoms with E-state index in [0.717, 1.165) is 6.42 Å². The Morgan fingerprint density at radius 2 is 2.00 bits per heavy atom. The Balaban J connectivity index is 2.59. The maximum absolute atomic E-state index is 9.25. The van der Waals surface area contributed by atoms with Gasteiger partial charge in [0.2, 0.25) is 0 Å². The number of rotatable bonds is 4. The van der Waals surface area contributed by atoms with Gasteiger partial charge in [-0.3, -0.25) is 0 Å². The van der Waals surface area contributed by atoms with Gasteiger partial charge in [-0.05, 0) is 18.4 Å². The van der Waals surface area contributed by atoms with Crippen LogP contribution in [0.2, 0.25) is 0 Å². The molecular formula is C11H18NO+. The first-order valence-corrected chi connectivity index (χ1v) is 4.91. The van der Waals surface area contributed by atoms with Crippen molar-refractivity contribution in [2.75, 3.05) is 0 Å². The molecule has 1 aromatic heterocycles. The van der Waals surface area contributed by atoms with Gasteiger partial charge in [0.05, 0.1) is 0 Å². The van der Waals surface area contributed by atoms with Crippen LogP contribution in [0.3, 0.4) is 0 Å². The summed E-state index contributed by atoms with van der Waals surface area (Å²) in [5, 5.41) is 9.25. The number of aliphatic hydroxyl groups excluding tert-OH is 1. The van der Waals surface area contributed by atoms with E-state index in [1.54, 1.807) is 11.5 Å². The summed E-state index contributed by atoms with van der Waals surface area (Å²) in [4.78, 5) is 0. The zero-order valence-electron chi connectivity index (χ0n) is 8.40. The number of hydrogen-bond donors (Lipinski definition) is 1. The van der Waals surface area contributed by atoms with E-state index in [-0.39, 0.29) is 0 Å². The highest BCUT2D eigenvalue weighted by Gasteiger charge is 2.05. The van der Waals surface area contributed by atoms with E-state index in [1.807, 2.05) is 12.4 Å². The highest BCUT2D eigenvalue weighted by atomic mass is 16.3. The van der Waals surface area contributed by atoms with Crippen molar-refractivity contribution in [1.29, 1.82) is 0 Å². The third-order valence-electron chi connectivity index (χ3n) is 2.17. The highest BCUT2D eigenvalue weighted by Crippen LogP contribution is 2.02. The highest BCUT2D eigenvalue weighted by molar-refractivity contribution is 5.07. The van der Waals surface area contributed by atoms with Crippen molar-refractivity contribution >= 4 is 0 Å². The van der Waals surface area contributed by atoms with Crippen molar-refractivity contribution in [3.63, 3.8) is 0 Å². The minimum atomic E-state index is -0.430. The van der Waals surface area contributed by atoms with E-state index in [0.29, 0.717) is 0 Å². The standard InChI is InChI=1S/C11H18NO/c1-3-4-5-11-6-8-12(9-7-11)10(2)13/h6-10,13H,3-5H2,1-2H3/q+1. The second kappa shape index (κ2) is 4.97. The summed E-state index contributed by atoms with van der Waals surface area (Å²) in [6, 6.07) is 4.14. The van der Waals surface area contributed by atoms with E-state index in [1.165, 1.54) is 18.4 Å². The van der Waals surface area contributed by atoms with Gasteiger partial charge in [-0.25, -0.2) is 0 Å². The lowest BCUT2D eigenvalue weighted by atomic mass is 10.1. The summed E-state index contributed by atoms with van der Waals surface area (Å²) >= 11 is 0. The van der Waals surface area contributed by atoms with E-state index in [2.05, 4.69) is 19.1 Å². The molecule has 1 aromatic rings. The molecule has 0 bridgehead atoms. The topological polar surface area (TPSA) is 24.1 Å². The van der Waals surface area contributed by atoms with Crippen molar-refractivity contribution in [2.45, 2.75) is 39.3 Å². The Labute approximate surface area is 79.8 Å². The molecule has 0 saturated carbocycles. The van der Waals surface area contributed by atoms with Gasteiger partial charge in [-0.15, -0.1) is 0 Å². The Kier molecular flexibility index (Phi) is 3.90. The van der Waals surface area contributed by atoms with Crippen LogP contribution in [0.4, 0.5) is 0 Å². The van der Waals surface area contributed by atoms with Crippen molar-refractivity contribution in [1.82, 2.24) is 0 Å². The van der Waals surface area contributed by atoms with E-state index in [9.17, 15) is 5.11 Å². The fraction of sp³-hybridized carbons (Fsp3) is 0.545. The molecule has 72 valence electrons. The van der Waals surface area contributed by atoms with Crippen LogP contribution in [0.5, 0.6) is 0 Å². The minimum Gasteiger partial charge on any atom is -0.337 e. The molecule has 0 radical (unpaired) electrons. The normalized spacial score (nSPS) is 12.8. The third kappa shape index (κ3) is 3.15. The Hall–Kier alpha value is -0.890. The zero-order valence-corrected chi connectivity index (χ0v) is 8.40. The number of pyridine rings is 1. The van der Waals surface area contributed by atoms with Gasteiger partial charge in [-0.2, -0.15) is 4.57 Å². The average molecular weight is 180 g/mol. The summed E-state index contributed by atoms with van der Waals surface area (Å²) in [7, 11) is 0. The van der Waals surface area contributed by atoms with Gasteiger partial charge >= 0.3 is 0 Å². The number of aryl methyl sites for hydroxylation is 1. The molecule has 0 aliphatic rings. The maximum atomic E-state index is 9.25. The molecule has 0 amide bonds. The molecular weight excluding hydrogens is 162 g/mol. The number of aliphatic hydroxyl groups is 1. The van der Waals surface area contributed by atoms with Crippen LogP contribution < -0.4 is 4.57 Å². The molecule has 0 aliphatic carbocycles. The fourth-order valence-corrected chi connectivity index (χ4v) is 1.27.